The zero-order valence-corrected chi connectivity index (χ0v) is 22.2. The molecule has 3 aromatic rings. The van der Waals surface area contributed by atoms with Crippen LogP contribution in [-0.4, -0.2) is 57.5 Å². The van der Waals surface area contributed by atoms with Gasteiger partial charge < -0.3 is 10.2 Å². The summed E-state index contributed by atoms with van der Waals surface area (Å²) in [6.07, 6.45) is 7.38. The Morgan fingerprint density at radius 3 is 2.19 bits per heavy atom. The maximum atomic E-state index is 13.7. The minimum Gasteiger partial charge on any atom is -0.372 e. The van der Waals surface area contributed by atoms with Gasteiger partial charge in [0.25, 0.3) is 0 Å². The topological polar surface area (TPSA) is 66.3 Å². The van der Waals surface area contributed by atoms with Gasteiger partial charge in [0.05, 0.1) is 11.8 Å². The second-order valence-corrected chi connectivity index (χ2v) is 10.8. The summed E-state index contributed by atoms with van der Waals surface area (Å²) in [5, 5.41) is 12.6. The molecule has 1 unspecified atom stereocenters. The first-order valence-corrected chi connectivity index (χ1v) is 14.3. The first-order chi connectivity index (χ1) is 18.1. The molecule has 2 aromatic carbocycles. The van der Waals surface area contributed by atoms with Crippen molar-refractivity contribution < 1.29 is 9.18 Å². The second kappa shape index (κ2) is 12.1. The van der Waals surface area contributed by atoms with Gasteiger partial charge >= 0.3 is 0 Å². The number of aromatic nitrogens is 3. The van der Waals surface area contributed by atoms with Gasteiger partial charge in [-0.15, -0.1) is 10.2 Å². The van der Waals surface area contributed by atoms with Gasteiger partial charge in [0.1, 0.15) is 5.82 Å². The molecule has 7 nitrogen and oxygen atoms in total. The molecule has 3 heterocycles. The molecule has 1 N–H and O–H groups in total. The molecule has 2 fully saturated rings. The monoisotopic (exact) mass is 522 g/mol. The molecule has 37 heavy (non-hydrogen) atoms. The Bertz CT molecular complexity index is 1170. The molecular weight excluding hydrogens is 487 g/mol. The summed E-state index contributed by atoms with van der Waals surface area (Å²) in [7, 11) is 0. The van der Waals surface area contributed by atoms with E-state index in [9.17, 15) is 9.18 Å². The Morgan fingerprint density at radius 1 is 0.892 bits per heavy atom. The number of carbonyl (C=O) groups is 1. The highest BCUT2D eigenvalue weighted by Crippen LogP contribution is 2.30. The Hall–Kier alpha value is -2.91. The number of nitrogens with one attached hydrogen (secondary N) is 1. The number of halogens is 1. The van der Waals surface area contributed by atoms with Gasteiger partial charge in [-0.1, -0.05) is 18.2 Å². The van der Waals surface area contributed by atoms with E-state index >= 15 is 0 Å². The van der Waals surface area contributed by atoms with Crippen LogP contribution < -0.4 is 10.2 Å². The SMILES string of the molecule is CC(c1nnc(SCC(=O)Nc2ccc(N3CCCCC3)cc2)n1-c1ccc(F)cc1)N1CCCCC1. The van der Waals surface area contributed by atoms with Gasteiger partial charge in [0.2, 0.25) is 5.91 Å². The van der Waals surface area contributed by atoms with Crippen molar-refractivity contribution in [2.75, 3.05) is 42.1 Å². The van der Waals surface area contributed by atoms with Crippen LogP contribution in [0.3, 0.4) is 0 Å². The molecule has 0 spiro atoms. The summed E-state index contributed by atoms with van der Waals surface area (Å²) in [5.41, 5.74) is 2.78. The molecule has 2 aliphatic rings. The number of benzene rings is 2. The van der Waals surface area contributed by atoms with Gasteiger partial charge in [0.15, 0.2) is 11.0 Å². The third-order valence-electron chi connectivity index (χ3n) is 7.26. The molecular formula is C28H35FN6OS. The summed E-state index contributed by atoms with van der Waals surface area (Å²) in [4.78, 5) is 17.6. The number of anilines is 2. The summed E-state index contributed by atoms with van der Waals surface area (Å²) in [6, 6.07) is 14.5. The molecule has 1 aromatic heterocycles. The Kier molecular flexibility index (Phi) is 8.41. The van der Waals surface area contributed by atoms with Crippen molar-refractivity contribution in [2.45, 2.75) is 56.6 Å². The smallest absolute Gasteiger partial charge is 0.234 e. The number of nitrogens with zero attached hydrogens (tertiary/aromatic N) is 5. The van der Waals surface area contributed by atoms with Crippen molar-refractivity contribution in [3.8, 4) is 5.69 Å². The zero-order chi connectivity index (χ0) is 25.6. The number of thioether (sulfide) groups is 1. The second-order valence-electron chi connectivity index (χ2n) is 9.86. The molecule has 0 bridgehead atoms. The van der Waals surface area contributed by atoms with Gasteiger partial charge in [-0.25, -0.2) is 4.39 Å². The maximum absolute atomic E-state index is 13.7. The lowest BCUT2D eigenvalue weighted by Gasteiger charge is -2.31. The molecule has 196 valence electrons. The summed E-state index contributed by atoms with van der Waals surface area (Å²) < 4.78 is 15.6. The Morgan fingerprint density at radius 2 is 1.51 bits per heavy atom. The molecule has 2 aliphatic heterocycles. The van der Waals surface area contributed by atoms with E-state index < -0.39 is 0 Å². The first-order valence-electron chi connectivity index (χ1n) is 13.3. The molecule has 1 amide bonds. The van der Waals surface area contributed by atoms with Gasteiger partial charge in [-0.2, -0.15) is 0 Å². The van der Waals surface area contributed by atoms with Crippen LogP contribution >= 0.6 is 11.8 Å². The number of amides is 1. The number of piperidine rings is 2. The molecule has 0 radical (unpaired) electrons. The van der Waals surface area contributed by atoms with Crippen LogP contribution in [0.15, 0.2) is 53.7 Å². The van der Waals surface area contributed by atoms with Crippen LogP contribution in [0.4, 0.5) is 15.8 Å². The summed E-state index contributed by atoms with van der Waals surface area (Å²) >= 11 is 1.34. The van der Waals surface area contributed by atoms with Crippen molar-refractivity contribution in [1.29, 1.82) is 0 Å². The minimum absolute atomic E-state index is 0.0689. The third kappa shape index (κ3) is 6.33. The van der Waals surface area contributed by atoms with E-state index in [1.165, 1.54) is 68.1 Å². The average molecular weight is 523 g/mol. The van der Waals surface area contributed by atoms with Gasteiger partial charge in [-0.3, -0.25) is 14.3 Å². The van der Waals surface area contributed by atoms with Crippen LogP contribution in [0, 0.1) is 5.82 Å². The van der Waals surface area contributed by atoms with Crippen molar-refractivity contribution in [3.05, 3.63) is 60.2 Å². The standard InChI is InChI=1S/C28H35FN6OS/c1-21(33-16-4-2-5-17-33)27-31-32-28(35(27)25-12-8-22(29)9-13-25)37-20-26(36)30-23-10-14-24(15-11-23)34-18-6-3-7-19-34/h8-15,21H,2-7,16-20H2,1H3,(H,30,36). The van der Waals surface area contributed by atoms with Crippen LogP contribution in [0.25, 0.3) is 5.69 Å². The highest BCUT2D eigenvalue weighted by Gasteiger charge is 2.26. The average Bonchev–Trinajstić information content (AvgIpc) is 3.37. The highest BCUT2D eigenvalue weighted by atomic mass is 32.2. The third-order valence-corrected chi connectivity index (χ3v) is 8.19. The van der Waals surface area contributed by atoms with Crippen LogP contribution in [-0.2, 0) is 4.79 Å². The van der Waals surface area contributed by atoms with E-state index in [0.717, 1.165) is 43.4 Å². The molecule has 0 saturated carbocycles. The molecule has 5 rings (SSSR count). The Balaban J connectivity index is 1.27. The number of likely N-dealkylation sites (tertiary alicyclic amines) is 1. The van der Waals surface area contributed by atoms with Gasteiger partial charge in [-0.05, 0) is 101 Å². The van der Waals surface area contributed by atoms with E-state index in [4.69, 9.17) is 0 Å². The predicted molar refractivity (Wildman–Crippen MR) is 147 cm³/mol. The Labute approximate surface area is 222 Å². The lowest BCUT2D eigenvalue weighted by atomic mass is 10.1. The zero-order valence-electron chi connectivity index (χ0n) is 21.4. The largest absolute Gasteiger partial charge is 0.372 e. The van der Waals surface area contributed by atoms with E-state index in [1.54, 1.807) is 12.1 Å². The fourth-order valence-electron chi connectivity index (χ4n) is 5.18. The lowest BCUT2D eigenvalue weighted by Crippen LogP contribution is -2.33. The number of hydrogen-bond acceptors (Lipinski definition) is 6. The molecule has 0 aliphatic carbocycles. The van der Waals surface area contributed by atoms with Crippen LogP contribution in [0.2, 0.25) is 0 Å². The van der Waals surface area contributed by atoms with Crippen LogP contribution in [0.1, 0.15) is 57.3 Å². The molecule has 2 saturated heterocycles. The van der Waals surface area contributed by atoms with Crippen molar-refractivity contribution >= 4 is 29.0 Å². The molecule has 9 heteroatoms. The quantitative estimate of drug-likeness (QED) is 0.384. The van der Waals surface area contributed by atoms with E-state index in [1.807, 2.05) is 16.7 Å². The van der Waals surface area contributed by atoms with E-state index in [2.05, 4.69) is 44.4 Å². The first kappa shape index (κ1) is 25.7. The minimum atomic E-state index is -0.290. The normalized spacial score (nSPS) is 17.5. The maximum Gasteiger partial charge on any atom is 0.234 e. The fourth-order valence-corrected chi connectivity index (χ4v) is 5.94. The van der Waals surface area contributed by atoms with E-state index in [-0.39, 0.29) is 23.5 Å². The lowest BCUT2D eigenvalue weighted by molar-refractivity contribution is -0.113. The summed E-state index contributed by atoms with van der Waals surface area (Å²) in [5.74, 6) is 0.618. The number of rotatable bonds is 8. The van der Waals surface area contributed by atoms with Crippen molar-refractivity contribution in [3.63, 3.8) is 0 Å². The fraction of sp³-hybridized carbons (Fsp3) is 0.464. The molecule has 1 atom stereocenters. The predicted octanol–water partition coefficient (Wildman–Crippen LogP) is 5.67. The number of carbonyl (C=O) groups excluding carboxylic acids is 1. The van der Waals surface area contributed by atoms with Crippen LogP contribution in [0.5, 0.6) is 0 Å². The number of hydrogen-bond donors (Lipinski definition) is 1. The summed E-state index contributed by atoms with van der Waals surface area (Å²) in [6.45, 7) is 6.38. The van der Waals surface area contributed by atoms with Crippen molar-refractivity contribution in [2.24, 2.45) is 0 Å². The van der Waals surface area contributed by atoms with Gasteiger partial charge in [0, 0.05) is 30.2 Å². The van der Waals surface area contributed by atoms with Crippen molar-refractivity contribution in [1.82, 2.24) is 19.7 Å². The highest BCUT2D eigenvalue weighted by molar-refractivity contribution is 7.99. The van der Waals surface area contributed by atoms with E-state index in [0.29, 0.717) is 5.16 Å².